The van der Waals surface area contributed by atoms with Gasteiger partial charge < -0.3 is 14.9 Å². The van der Waals surface area contributed by atoms with Gasteiger partial charge in [0.2, 0.25) is 5.76 Å². The van der Waals surface area contributed by atoms with Gasteiger partial charge in [0.05, 0.1) is 17.7 Å². The lowest BCUT2D eigenvalue weighted by Gasteiger charge is -2.05. The Kier molecular flexibility index (Phi) is 3.85. The highest BCUT2D eigenvalue weighted by atomic mass is 16.5. The Morgan fingerprint density at radius 1 is 1.42 bits per heavy atom. The van der Waals surface area contributed by atoms with E-state index in [1.807, 2.05) is 6.92 Å². The van der Waals surface area contributed by atoms with Crippen LogP contribution in [0.1, 0.15) is 30.3 Å². The van der Waals surface area contributed by atoms with Gasteiger partial charge in [-0.25, -0.2) is 4.79 Å². The zero-order valence-corrected chi connectivity index (χ0v) is 10.6. The molecule has 5 heteroatoms. The maximum Gasteiger partial charge on any atom is 0.374 e. The number of hydrogen-bond donors (Lipinski definition) is 1. The Bertz CT molecular complexity index is 660. The highest BCUT2D eigenvalue weighted by Crippen LogP contribution is 2.19. The van der Waals surface area contributed by atoms with E-state index in [2.05, 4.69) is 0 Å². The monoisotopic (exact) mass is 261 g/mol. The molecule has 0 unspecified atom stereocenters. The molecule has 19 heavy (non-hydrogen) atoms. The lowest BCUT2D eigenvalue weighted by atomic mass is 10.2. The average Bonchev–Trinajstić information content (AvgIpc) is 2.40. The molecule has 100 valence electrons. The quantitative estimate of drug-likeness (QED) is 0.519. The van der Waals surface area contributed by atoms with Gasteiger partial charge >= 0.3 is 5.97 Å². The van der Waals surface area contributed by atoms with E-state index in [1.54, 1.807) is 18.2 Å². The summed E-state index contributed by atoms with van der Waals surface area (Å²) in [5.41, 5.74) is 5.96. The maximum atomic E-state index is 11.9. The van der Waals surface area contributed by atoms with Gasteiger partial charge in [0.15, 0.2) is 11.0 Å². The highest BCUT2D eigenvalue weighted by molar-refractivity contribution is 5.92. The third kappa shape index (κ3) is 2.76. The molecule has 1 aromatic carbocycles. The lowest BCUT2D eigenvalue weighted by molar-refractivity contribution is 0.0464. The Labute approximate surface area is 110 Å². The van der Waals surface area contributed by atoms with Crippen molar-refractivity contribution in [3.8, 4) is 0 Å². The molecule has 0 amide bonds. The van der Waals surface area contributed by atoms with Crippen molar-refractivity contribution in [3.05, 3.63) is 40.2 Å². The van der Waals surface area contributed by atoms with Gasteiger partial charge in [-0.3, -0.25) is 4.79 Å². The number of nitrogens with two attached hydrogens (primary N) is 1. The van der Waals surface area contributed by atoms with E-state index < -0.39 is 5.97 Å². The second-order valence-electron chi connectivity index (χ2n) is 4.19. The fourth-order valence-corrected chi connectivity index (χ4v) is 1.68. The van der Waals surface area contributed by atoms with Gasteiger partial charge in [-0.1, -0.05) is 19.4 Å². The van der Waals surface area contributed by atoms with Crippen LogP contribution in [0.4, 0.5) is 5.69 Å². The number of carbonyl (C=O) groups excluding carboxylic acids is 1. The Morgan fingerprint density at radius 3 is 2.95 bits per heavy atom. The molecular weight excluding hydrogens is 246 g/mol. The van der Waals surface area contributed by atoms with Crippen molar-refractivity contribution in [2.24, 2.45) is 0 Å². The van der Waals surface area contributed by atoms with Gasteiger partial charge in [0.1, 0.15) is 0 Å². The molecule has 0 radical (unpaired) electrons. The third-order valence-electron chi connectivity index (χ3n) is 2.72. The van der Waals surface area contributed by atoms with Crippen molar-refractivity contribution in [2.45, 2.75) is 19.8 Å². The largest absolute Gasteiger partial charge is 0.460 e. The van der Waals surface area contributed by atoms with Crippen molar-refractivity contribution >= 4 is 22.6 Å². The van der Waals surface area contributed by atoms with Crippen LogP contribution in [0.5, 0.6) is 0 Å². The molecule has 2 aromatic rings. The van der Waals surface area contributed by atoms with Crippen molar-refractivity contribution in [2.75, 3.05) is 12.3 Å². The molecular formula is C14H15NO4. The summed E-state index contributed by atoms with van der Waals surface area (Å²) in [4.78, 5) is 23.6. The first-order chi connectivity index (χ1) is 9.13. The molecule has 2 N–H and O–H groups in total. The molecule has 0 saturated heterocycles. The standard InChI is InChI=1S/C14H15NO4/c1-2-3-7-18-14(17)12-8-11(16)9-5-4-6-10(15)13(9)19-12/h4-6,8H,2-3,7,15H2,1H3. The number of anilines is 1. The smallest absolute Gasteiger partial charge is 0.374 e. The lowest BCUT2D eigenvalue weighted by Crippen LogP contribution is -2.11. The van der Waals surface area contributed by atoms with Crippen LogP contribution in [0.2, 0.25) is 0 Å². The van der Waals surface area contributed by atoms with Crippen molar-refractivity contribution in [3.63, 3.8) is 0 Å². The van der Waals surface area contributed by atoms with Crippen LogP contribution in [0.3, 0.4) is 0 Å². The minimum atomic E-state index is -0.643. The first kappa shape index (κ1) is 13.1. The normalized spacial score (nSPS) is 10.6. The minimum Gasteiger partial charge on any atom is -0.460 e. The molecule has 0 aliphatic rings. The summed E-state index contributed by atoms with van der Waals surface area (Å²) in [6.45, 7) is 2.30. The van der Waals surface area contributed by atoms with E-state index in [0.29, 0.717) is 17.7 Å². The molecule has 1 heterocycles. The van der Waals surface area contributed by atoms with Crippen LogP contribution in [0.25, 0.3) is 11.0 Å². The molecule has 5 nitrogen and oxygen atoms in total. The minimum absolute atomic E-state index is 0.119. The second-order valence-corrected chi connectivity index (χ2v) is 4.19. The number of hydrogen-bond acceptors (Lipinski definition) is 5. The van der Waals surface area contributed by atoms with Gasteiger partial charge in [-0.05, 0) is 18.6 Å². The maximum absolute atomic E-state index is 11.9. The second kappa shape index (κ2) is 5.56. The number of carbonyl (C=O) groups is 1. The number of para-hydroxylation sites is 1. The van der Waals surface area contributed by atoms with Crippen LogP contribution in [-0.4, -0.2) is 12.6 Å². The zero-order valence-electron chi connectivity index (χ0n) is 10.6. The Balaban J connectivity index is 2.37. The van der Waals surface area contributed by atoms with Gasteiger partial charge in [-0.15, -0.1) is 0 Å². The van der Waals surface area contributed by atoms with Crippen LogP contribution in [0.15, 0.2) is 33.5 Å². The average molecular weight is 261 g/mol. The molecule has 2 rings (SSSR count). The van der Waals surface area contributed by atoms with E-state index in [1.165, 1.54) is 0 Å². The van der Waals surface area contributed by atoms with Crippen LogP contribution >= 0.6 is 0 Å². The topological polar surface area (TPSA) is 82.5 Å². The summed E-state index contributed by atoms with van der Waals surface area (Å²) in [6, 6.07) is 6.01. The van der Waals surface area contributed by atoms with Gasteiger partial charge in [0, 0.05) is 6.07 Å². The first-order valence-corrected chi connectivity index (χ1v) is 6.13. The van der Waals surface area contributed by atoms with Crippen LogP contribution < -0.4 is 11.2 Å². The molecule has 0 spiro atoms. The van der Waals surface area contributed by atoms with E-state index in [0.717, 1.165) is 18.9 Å². The van der Waals surface area contributed by atoms with Crippen molar-refractivity contribution in [1.82, 2.24) is 0 Å². The van der Waals surface area contributed by atoms with Gasteiger partial charge in [-0.2, -0.15) is 0 Å². The number of fused-ring (bicyclic) bond motifs is 1. The van der Waals surface area contributed by atoms with E-state index in [4.69, 9.17) is 14.9 Å². The zero-order chi connectivity index (χ0) is 13.8. The number of unbranched alkanes of at least 4 members (excludes halogenated alkanes) is 1. The summed E-state index contributed by atoms with van der Waals surface area (Å²) in [6.07, 6.45) is 1.69. The highest BCUT2D eigenvalue weighted by Gasteiger charge is 2.14. The summed E-state index contributed by atoms with van der Waals surface area (Å²) in [5.74, 6) is -0.762. The Hall–Kier alpha value is -2.30. The van der Waals surface area contributed by atoms with Crippen LogP contribution in [0, 0.1) is 0 Å². The number of esters is 1. The van der Waals surface area contributed by atoms with E-state index >= 15 is 0 Å². The van der Waals surface area contributed by atoms with Crippen molar-refractivity contribution < 1.29 is 13.9 Å². The van der Waals surface area contributed by atoms with Crippen molar-refractivity contribution in [1.29, 1.82) is 0 Å². The van der Waals surface area contributed by atoms with E-state index in [9.17, 15) is 9.59 Å². The molecule has 1 aromatic heterocycles. The Morgan fingerprint density at radius 2 is 2.21 bits per heavy atom. The third-order valence-corrected chi connectivity index (χ3v) is 2.72. The van der Waals surface area contributed by atoms with Gasteiger partial charge in [0.25, 0.3) is 0 Å². The SMILES string of the molecule is CCCCOC(=O)c1cc(=O)c2cccc(N)c2o1. The number of rotatable bonds is 4. The molecule has 0 aliphatic carbocycles. The number of ether oxygens (including phenoxy) is 1. The summed E-state index contributed by atoms with van der Waals surface area (Å²) >= 11 is 0. The molecule has 0 bridgehead atoms. The summed E-state index contributed by atoms with van der Waals surface area (Å²) < 4.78 is 10.4. The fourth-order valence-electron chi connectivity index (χ4n) is 1.68. The molecule has 0 atom stereocenters. The predicted octanol–water partition coefficient (Wildman–Crippen LogP) is 2.33. The van der Waals surface area contributed by atoms with E-state index in [-0.39, 0.29) is 16.8 Å². The first-order valence-electron chi connectivity index (χ1n) is 6.13. The molecule has 0 aliphatic heterocycles. The summed E-state index contributed by atoms with van der Waals surface area (Å²) in [5, 5.41) is 0.352. The number of benzene rings is 1. The predicted molar refractivity (Wildman–Crippen MR) is 72.1 cm³/mol. The molecule has 0 saturated carbocycles. The summed E-state index contributed by atoms with van der Waals surface area (Å²) in [7, 11) is 0. The van der Waals surface area contributed by atoms with Crippen LogP contribution in [-0.2, 0) is 4.74 Å². The fraction of sp³-hybridized carbons (Fsp3) is 0.286. The molecule has 0 fully saturated rings. The number of nitrogen functional groups attached to an aromatic ring is 1.